The number of likely N-dealkylation sites (tertiary alicyclic amines) is 1. The highest BCUT2D eigenvalue weighted by Gasteiger charge is 2.24. The van der Waals surface area contributed by atoms with E-state index in [-0.39, 0.29) is 6.10 Å². The van der Waals surface area contributed by atoms with E-state index in [1.165, 1.54) is 11.6 Å². The Kier molecular flexibility index (Phi) is 3.92. The van der Waals surface area contributed by atoms with Crippen molar-refractivity contribution in [1.82, 2.24) is 9.88 Å². The van der Waals surface area contributed by atoms with Crippen molar-refractivity contribution in [3.63, 3.8) is 0 Å². The first-order valence-electron chi connectivity index (χ1n) is 6.85. The van der Waals surface area contributed by atoms with Crippen LogP contribution in [0.15, 0.2) is 48.5 Å². The van der Waals surface area contributed by atoms with Gasteiger partial charge >= 0.3 is 0 Å². The molecule has 0 saturated carbocycles. The molecule has 1 aromatic carbocycles. The van der Waals surface area contributed by atoms with Crippen LogP contribution in [0.1, 0.15) is 12.0 Å². The molecule has 1 atom stereocenters. The number of nitrogens with zero attached hydrogens (tertiary/aromatic N) is 2. The van der Waals surface area contributed by atoms with Crippen LogP contribution in [0.25, 0.3) is 0 Å². The van der Waals surface area contributed by atoms with Crippen LogP contribution in [0.5, 0.6) is 5.88 Å². The van der Waals surface area contributed by atoms with E-state index < -0.39 is 5.95 Å². The van der Waals surface area contributed by atoms with Crippen LogP contribution in [0.3, 0.4) is 0 Å². The van der Waals surface area contributed by atoms with Crippen molar-refractivity contribution in [2.24, 2.45) is 0 Å². The summed E-state index contributed by atoms with van der Waals surface area (Å²) in [6.45, 7) is 2.78. The van der Waals surface area contributed by atoms with Crippen molar-refractivity contribution < 1.29 is 9.13 Å². The standard InChI is InChI=1S/C16H17FN2O/c17-15-7-4-8-16(18-15)20-14-9-10-19(12-14)11-13-5-2-1-3-6-13/h1-8,14H,9-12H2. The van der Waals surface area contributed by atoms with Crippen molar-refractivity contribution in [1.29, 1.82) is 0 Å². The van der Waals surface area contributed by atoms with Gasteiger partial charge in [0.15, 0.2) is 0 Å². The highest BCUT2D eigenvalue weighted by atomic mass is 19.1. The summed E-state index contributed by atoms with van der Waals surface area (Å²) in [5.74, 6) is -0.127. The van der Waals surface area contributed by atoms with Crippen LogP contribution in [-0.2, 0) is 6.54 Å². The Morgan fingerprint density at radius 2 is 2.00 bits per heavy atom. The lowest BCUT2D eigenvalue weighted by molar-refractivity contribution is 0.189. The molecule has 1 aliphatic rings. The first-order chi connectivity index (χ1) is 9.79. The summed E-state index contributed by atoms with van der Waals surface area (Å²) in [5.41, 5.74) is 1.30. The number of hydrogen-bond donors (Lipinski definition) is 0. The van der Waals surface area contributed by atoms with Gasteiger partial charge in [0.1, 0.15) is 6.10 Å². The lowest BCUT2D eigenvalue weighted by Gasteiger charge is -2.16. The summed E-state index contributed by atoms with van der Waals surface area (Å²) in [6, 6.07) is 15.0. The summed E-state index contributed by atoms with van der Waals surface area (Å²) in [4.78, 5) is 6.08. The zero-order chi connectivity index (χ0) is 13.8. The molecule has 0 spiro atoms. The second-order valence-corrected chi connectivity index (χ2v) is 5.05. The van der Waals surface area contributed by atoms with E-state index in [0.717, 1.165) is 26.1 Å². The Balaban J connectivity index is 1.54. The van der Waals surface area contributed by atoms with Crippen LogP contribution in [0.2, 0.25) is 0 Å². The third-order valence-electron chi connectivity index (χ3n) is 3.46. The molecule has 0 N–H and O–H groups in total. The molecule has 0 bridgehead atoms. The first-order valence-corrected chi connectivity index (χ1v) is 6.85. The molecule has 1 unspecified atom stereocenters. The van der Waals surface area contributed by atoms with Crippen molar-refractivity contribution in [3.05, 3.63) is 60.0 Å². The van der Waals surface area contributed by atoms with Gasteiger partial charge in [-0.2, -0.15) is 9.37 Å². The smallest absolute Gasteiger partial charge is 0.216 e. The van der Waals surface area contributed by atoms with E-state index in [1.807, 2.05) is 6.07 Å². The van der Waals surface area contributed by atoms with Gasteiger partial charge in [-0.05, 0) is 18.1 Å². The Morgan fingerprint density at radius 3 is 2.80 bits per heavy atom. The summed E-state index contributed by atoms with van der Waals surface area (Å²) >= 11 is 0. The van der Waals surface area contributed by atoms with Gasteiger partial charge < -0.3 is 4.74 Å². The molecule has 2 heterocycles. The number of halogens is 1. The van der Waals surface area contributed by atoms with E-state index in [9.17, 15) is 4.39 Å². The van der Waals surface area contributed by atoms with Crippen molar-refractivity contribution in [2.45, 2.75) is 19.1 Å². The van der Waals surface area contributed by atoms with Gasteiger partial charge in [-0.1, -0.05) is 36.4 Å². The molecule has 0 radical (unpaired) electrons. The predicted molar refractivity (Wildman–Crippen MR) is 74.9 cm³/mol. The fourth-order valence-corrected chi connectivity index (χ4v) is 2.50. The van der Waals surface area contributed by atoms with Gasteiger partial charge in [0.05, 0.1) is 0 Å². The molecule has 1 aromatic heterocycles. The Morgan fingerprint density at radius 1 is 1.15 bits per heavy atom. The summed E-state index contributed by atoms with van der Waals surface area (Å²) in [5, 5.41) is 0. The molecule has 2 aromatic rings. The normalized spacial score (nSPS) is 19.1. The lowest BCUT2D eigenvalue weighted by atomic mass is 10.2. The molecule has 1 saturated heterocycles. The van der Waals surface area contributed by atoms with Gasteiger partial charge in [-0.3, -0.25) is 4.90 Å². The SMILES string of the molecule is Fc1cccc(OC2CCN(Cc3ccccc3)C2)n1. The molecule has 3 nitrogen and oxygen atoms in total. The fraction of sp³-hybridized carbons (Fsp3) is 0.312. The number of ether oxygens (including phenoxy) is 1. The first kappa shape index (κ1) is 13.1. The average molecular weight is 272 g/mol. The second kappa shape index (κ2) is 6.01. The van der Waals surface area contributed by atoms with Crippen molar-refractivity contribution >= 4 is 0 Å². The highest BCUT2D eigenvalue weighted by molar-refractivity contribution is 5.15. The third kappa shape index (κ3) is 3.33. The molecule has 104 valence electrons. The van der Waals surface area contributed by atoms with E-state index in [0.29, 0.717) is 5.88 Å². The maximum Gasteiger partial charge on any atom is 0.216 e. The van der Waals surface area contributed by atoms with E-state index in [4.69, 9.17) is 4.74 Å². The zero-order valence-corrected chi connectivity index (χ0v) is 11.2. The van der Waals surface area contributed by atoms with Crippen LogP contribution in [-0.4, -0.2) is 29.1 Å². The molecule has 4 heteroatoms. The minimum atomic E-state index is -0.498. The highest BCUT2D eigenvalue weighted by Crippen LogP contribution is 2.18. The van der Waals surface area contributed by atoms with E-state index >= 15 is 0 Å². The molecular formula is C16H17FN2O. The molecule has 3 rings (SSSR count). The molecule has 20 heavy (non-hydrogen) atoms. The van der Waals surface area contributed by atoms with Crippen LogP contribution in [0.4, 0.5) is 4.39 Å². The number of hydrogen-bond acceptors (Lipinski definition) is 3. The quantitative estimate of drug-likeness (QED) is 0.800. The van der Waals surface area contributed by atoms with Crippen molar-refractivity contribution in [3.8, 4) is 5.88 Å². The van der Waals surface area contributed by atoms with Gasteiger partial charge in [-0.25, -0.2) is 0 Å². The molecule has 1 aliphatic heterocycles. The topological polar surface area (TPSA) is 25.4 Å². The average Bonchev–Trinajstić information content (AvgIpc) is 2.87. The third-order valence-corrected chi connectivity index (χ3v) is 3.46. The largest absolute Gasteiger partial charge is 0.473 e. The summed E-state index contributed by atoms with van der Waals surface area (Å²) in [6.07, 6.45) is 1.04. The maximum atomic E-state index is 13.0. The minimum absolute atomic E-state index is 0.0908. The monoisotopic (exact) mass is 272 g/mol. The van der Waals surface area contributed by atoms with Gasteiger partial charge in [-0.15, -0.1) is 0 Å². The number of aromatic nitrogens is 1. The van der Waals surface area contributed by atoms with Gasteiger partial charge in [0, 0.05) is 25.7 Å². The number of benzene rings is 1. The van der Waals surface area contributed by atoms with Crippen LogP contribution >= 0.6 is 0 Å². The Bertz CT molecular complexity index is 561. The maximum absolute atomic E-state index is 13.0. The molecule has 1 fully saturated rings. The Hall–Kier alpha value is -1.94. The zero-order valence-electron chi connectivity index (χ0n) is 11.2. The van der Waals surface area contributed by atoms with Gasteiger partial charge in [0.2, 0.25) is 11.8 Å². The summed E-state index contributed by atoms with van der Waals surface area (Å²) < 4.78 is 18.7. The van der Waals surface area contributed by atoms with Crippen LogP contribution < -0.4 is 4.74 Å². The number of rotatable bonds is 4. The van der Waals surface area contributed by atoms with E-state index in [1.54, 1.807) is 12.1 Å². The van der Waals surface area contributed by atoms with Crippen LogP contribution in [0, 0.1) is 5.95 Å². The minimum Gasteiger partial charge on any atom is -0.473 e. The Labute approximate surface area is 118 Å². The molecule has 0 aliphatic carbocycles. The van der Waals surface area contributed by atoms with Crippen molar-refractivity contribution in [2.75, 3.05) is 13.1 Å². The number of pyridine rings is 1. The second-order valence-electron chi connectivity index (χ2n) is 5.05. The molecular weight excluding hydrogens is 255 g/mol. The van der Waals surface area contributed by atoms with Gasteiger partial charge in [0.25, 0.3) is 0 Å². The predicted octanol–water partition coefficient (Wildman–Crippen LogP) is 2.87. The summed E-state index contributed by atoms with van der Waals surface area (Å²) in [7, 11) is 0. The lowest BCUT2D eigenvalue weighted by Crippen LogP contribution is -2.24. The van der Waals surface area contributed by atoms with E-state index in [2.05, 4.69) is 34.1 Å². The fourth-order valence-electron chi connectivity index (χ4n) is 2.50. The molecule has 0 amide bonds.